The minimum Gasteiger partial charge on any atom is -0.309 e. The third kappa shape index (κ3) is 4.50. The maximum atomic E-state index is 2.43. The molecule has 8 aromatic carbocycles. The largest absolute Gasteiger partial charge is 0.309 e. The number of hydrogen-bond donors (Lipinski definition) is 0. The van der Waals surface area contributed by atoms with Crippen molar-refractivity contribution in [3.8, 4) is 44.8 Å². The van der Waals surface area contributed by atoms with Gasteiger partial charge in [-0.1, -0.05) is 146 Å². The zero-order valence-corrected chi connectivity index (χ0v) is 27.4. The summed E-state index contributed by atoms with van der Waals surface area (Å²) in [5.41, 5.74) is 14.4. The van der Waals surface area contributed by atoms with Gasteiger partial charge in [-0.25, -0.2) is 0 Å². The number of hydrogen-bond acceptors (Lipinski definition) is 0. The van der Waals surface area contributed by atoms with Crippen LogP contribution in [0.5, 0.6) is 0 Å². The second-order valence-electron chi connectivity index (χ2n) is 13.0. The fourth-order valence-electron chi connectivity index (χ4n) is 7.84. The van der Waals surface area contributed by atoms with Crippen molar-refractivity contribution < 1.29 is 0 Å². The van der Waals surface area contributed by atoms with Crippen LogP contribution in [-0.4, -0.2) is 9.13 Å². The van der Waals surface area contributed by atoms with Crippen molar-refractivity contribution in [2.75, 3.05) is 0 Å². The van der Waals surface area contributed by atoms with Gasteiger partial charge in [-0.3, -0.25) is 0 Å². The highest BCUT2D eigenvalue weighted by atomic mass is 15.0. The van der Waals surface area contributed by atoms with Crippen molar-refractivity contribution >= 4 is 43.6 Å². The number of rotatable bonds is 5. The van der Waals surface area contributed by atoms with Crippen molar-refractivity contribution in [1.29, 1.82) is 0 Å². The van der Waals surface area contributed by atoms with E-state index in [0.29, 0.717) is 0 Å². The fraction of sp³-hybridized carbons (Fsp3) is 0. The van der Waals surface area contributed by atoms with E-state index in [1.807, 2.05) is 0 Å². The van der Waals surface area contributed by atoms with Crippen LogP contribution in [0.2, 0.25) is 0 Å². The van der Waals surface area contributed by atoms with Gasteiger partial charge in [0, 0.05) is 32.9 Å². The van der Waals surface area contributed by atoms with Crippen molar-refractivity contribution in [1.82, 2.24) is 9.13 Å². The monoisotopic (exact) mass is 636 g/mol. The molecule has 0 N–H and O–H groups in total. The fourth-order valence-corrected chi connectivity index (χ4v) is 7.84. The molecule has 0 aliphatic carbocycles. The molecule has 0 bridgehead atoms. The molecule has 0 atom stereocenters. The maximum Gasteiger partial charge on any atom is 0.0562 e. The minimum absolute atomic E-state index is 1.14. The van der Waals surface area contributed by atoms with E-state index >= 15 is 0 Å². The molecule has 0 saturated carbocycles. The number of para-hydroxylation sites is 2. The molecule has 50 heavy (non-hydrogen) atoms. The molecule has 10 aromatic rings. The topological polar surface area (TPSA) is 9.86 Å². The van der Waals surface area contributed by atoms with Crippen LogP contribution in [0.3, 0.4) is 0 Å². The lowest BCUT2D eigenvalue weighted by Crippen LogP contribution is -1.96. The highest BCUT2D eigenvalue weighted by Crippen LogP contribution is 2.40. The zero-order chi connectivity index (χ0) is 33.0. The quantitative estimate of drug-likeness (QED) is 0.178. The summed E-state index contributed by atoms with van der Waals surface area (Å²) >= 11 is 0. The zero-order valence-electron chi connectivity index (χ0n) is 27.4. The Morgan fingerprint density at radius 3 is 1.34 bits per heavy atom. The van der Waals surface area contributed by atoms with Gasteiger partial charge >= 0.3 is 0 Å². The van der Waals surface area contributed by atoms with Gasteiger partial charge in [-0.05, 0) is 81.9 Å². The van der Waals surface area contributed by atoms with E-state index in [4.69, 9.17) is 0 Å². The van der Waals surface area contributed by atoms with Crippen LogP contribution in [0.15, 0.2) is 194 Å². The smallest absolute Gasteiger partial charge is 0.0562 e. The Morgan fingerprint density at radius 1 is 0.240 bits per heavy atom. The Morgan fingerprint density at radius 2 is 0.720 bits per heavy atom. The van der Waals surface area contributed by atoms with Crippen LogP contribution in [0.25, 0.3) is 88.4 Å². The summed E-state index contributed by atoms with van der Waals surface area (Å²) in [4.78, 5) is 0. The number of fused-ring (bicyclic) bond motifs is 6. The Hall–Kier alpha value is -6.64. The number of benzene rings is 8. The van der Waals surface area contributed by atoms with Gasteiger partial charge in [0.25, 0.3) is 0 Å². The van der Waals surface area contributed by atoms with E-state index in [2.05, 4.69) is 203 Å². The second-order valence-corrected chi connectivity index (χ2v) is 13.0. The first-order chi connectivity index (χ1) is 24.8. The van der Waals surface area contributed by atoms with Crippen LogP contribution >= 0.6 is 0 Å². The summed E-state index contributed by atoms with van der Waals surface area (Å²) in [5, 5.41) is 5.03. The van der Waals surface area contributed by atoms with Crippen molar-refractivity contribution in [3.63, 3.8) is 0 Å². The molecular weight excluding hydrogens is 605 g/mol. The first kappa shape index (κ1) is 28.4. The lowest BCUT2D eigenvalue weighted by Gasteiger charge is -2.13. The average molecular weight is 637 g/mol. The molecule has 0 aliphatic heterocycles. The Kier molecular flexibility index (Phi) is 6.53. The van der Waals surface area contributed by atoms with E-state index in [0.717, 1.165) is 11.4 Å². The molecule has 0 fully saturated rings. The summed E-state index contributed by atoms with van der Waals surface area (Å²) in [6.45, 7) is 0. The predicted molar refractivity (Wildman–Crippen MR) is 211 cm³/mol. The first-order valence-corrected chi connectivity index (χ1v) is 17.2. The summed E-state index contributed by atoms with van der Waals surface area (Å²) in [7, 11) is 0. The molecule has 234 valence electrons. The van der Waals surface area contributed by atoms with Crippen molar-refractivity contribution in [2.45, 2.75) is 0 Å². The Bertz CT molecular complexity index is 2840. The molecule has 0 saturated heterocycles. The minimum atomic E-state index is 1.14. The normalized spacial score (nSPS) is 11.6. The van der Waals surface area contributed by atoms with Gasteiger partial charge in [0.2, 0.25) is 0 Å². The Labute approximate surface area is 290 Å². The van der Waals surface area contributed by atoms with E-state index in [9.17, 15) is 0 Å². The molecular formula is C48H32N2. The van der Waals surface area contributed by atoms with Gasteiger partial charge in [0.1, 0.15) is 0 Å². The highest BCUT2D eigenvalue weighted by molar-refractivity contribution is 6.19. The summed E-state index contributed by atoms with van der Waals surface area (Å²) in [6, 6.07) is 70.4. The van der Waals surface area contributed by atoms with Gasteiger partial charge in [0.05, 0.1) is 22.1 Å². The van der Waals surface area contributed by atoms with Crippen molar-refractivity contribution in [3.05, 3.63) is 194 Å². The third-order valence-electron chi connectivity index (χ3n) is 10.1. The molecule has 2 nitrogen and oxygen atoms in total. The van der Waals surface area contributed by atoms with E-state index in [1.165, 1.54) is 77.0 Å². The van der Waals surface area contributed by atoms with Crippen LogP contribution in [0.1, 0.15) is 0 Å². The third-order valence-corrected chi connectivity index (χ3v) is 10.1. The van der Waals surface area contributed by atoms with Gasteiger partial charge in [0.15, 0.2) is 0 Å². The van der Waals surface area contributed by atoms with E-state index < -0.39 is 0 Å². The molecule has 0 amide bonds. The molecule has 2 heteroatoms. The van der Waals surface area contributed by atoms with Gasteiger partial charge < -0.3 is 9.13 Å². The van der Waals surface area contributed by atoms with Crippen molar-refractivity contribution in [2.24, 2.45) is 0 Å². The second kappa shape index (κ2) is 11.5. The molecule has 0 spiro atoms. The summed E-state index contributed by atoms with van der Waals surface area (Å²) in [6.07, 6.45) is 0. The van der Waals surface area contributed by atoms with Crippen LogP contribution < -0.4 is 0 Å². The standard InChI is InChI=1S/C48H32N2/c1-3-14-33(15-4-1)36-18-13-19-38(30-36)50-46-25-12-10-23-42(46)44-31-43-41-22-9-11-24-45(41)49(47(43)32-48(44)50)37-28-26-35(27-29-37)40-21-8-7-20-39(40)34-16-5-2-6-17-34/h1-32H. The maximum absolute atomic E-state index is 2.43. The van der Waals surface area contributed by atoms with E-state index in [1.54, 1.807) is 0 Å². The SMILES string of the molecule is c1ccc(-c2cccc(-n3c4ccccc4c4cc5c6ccccc6n(-c6ccc(-c7ccccc7-c7ccccc7)cc6)c5cc43)c2)cc1. The first-order valence-electron chi connectivity index (χ1n) is 17.2. The molecule has 10 rings (SSSR count). The highest BCUT2D eigenvalue weighted by Gasteiger charge is 2.19. The molecule has 0 unspecified atom stereocenters. The average Bonchev–Trinajstić information content (AvgIpc) is 3.70. The van der Waals surface area contributed by atoms with Crippen LogP contribution in [0, 0.1) is 0 Å². The number of nitrogens with zero attached hydrogens (tertiary/aromatic N) is 2. The lowest BCUT2D eigenvalue weighted by molar-refractivity contribution is 1.16. The summed E-state index contributed by atoms with van der Waals surface area (Å²) in [5.74, 6) is 0. The summed E-state index contributed by atoms with van der Waals surface area (Å²) < 4.78 is 4.86. The van der Waals surface area contributed by atoms with Crippen LogP contribution in [0.4, 0.5) is 0 Å². The van der Waals surface area contributed by atoms with Crippen LogP contribution in [-0.2, 0) is 0 Å². The Balaban J connectivity index is 1.19. The predicted octanol–water partition coefficient (Wildman–Crippen LogP) is 12.9. The number of aromatic nitrogens is 2. The molecule has 2 heterocycles. The lowest BCUT2D eigenvalue weighted by atomic mass is 9.94. The molecule has 0 aliphatic rings. The van der Waals surface area contributed by atoms with Gasteiger partial charge in [-0.15, -0.1) is 0 Å². The van der Waals surface area contributed by atoms with E-state index in [-0.39, 0.29) is 0 Å². The molecule has 0 radical (unpaired) electrons. The molecule has 2 aromatic heterocycles. The van der Waals surface area contributed by atoms with Gasteiger partial charge in [-0.2, -0.15) is 0 Å².